The molecule has 0 fully saturated rings. The molecule has 0 spiro atoms. The van der Waals surface area contributed by atoms with Crippen molar-refractivity contribution in [2.45, 2.75) is 20.8 Å². The molecule has 0 atom stereocenters. The summed E-state index contributed by atoms with van der Waals surface area (Å²) in [4.78, 5) is 22.3. The summed E-state index contributed by atoms with van der Waals surface area (Å²) in [5, 5.41) is 15.1. The Kier molecular flexibility index (Phi) is 11.5. The molecule has 1 aromatic heterocycles. The largest absolute Gasteiger partial charge is 0.483 e. The molecule has 0 aliphatic heterocycles. The van der Waals surface area contributed by atoms with Gasteiger partial charge in [-0.2, -0.15) is 8.42 Å². The summed E-state index contributed by atoms with van der Waals surface area (Å²) in [6.45, 7) is 6.78. The summed E-state index contributed by atoms with van der Waals surface area (Å²) in [5.74, 6) is -0.0596. The van der Waals surface area contributed by atoms with Crippen LogP contribution in [0.2, 0.25) is 0 Å². The fourth-order valence-electron chi connectivity index (χ4n) is 2.47. The minimum absolute atomic E-state index is 0.0596. The number of benzene rings is 1. The van der Waals surface area contributed by atoms with Gasteiger partial charge in [0.15, 0.2) is 0 Å². The molecular weight excluding hydrogens is 396 g/mol. The Balaban J connectivity index is 0.00000143. The summed E-state index contributed by atoms with van der Waals surface area (Å²) < 4.78 is 24.0. The van der Waals surface area contributed by atoms with E-state index in [0.717, 1.165) is 21.6 Å². The van der Waals surface area contributed by atoms with Gasteiger partial charge >= 0.3 is 10.2 Å². The Labute approximate surface area is 172 Å². The number of likely N-dealkylation sites (N-methyl/N-ethyl adjacent to an activating group) is 2. The number of nitrogens with two attached hydrogens (primary N) is 1. The summed E-state index contributed by atoms with van der Waals surface area (Å²) in [5.41, 5.74) is 2.69. The van der Waals surface area contributed by atoms with Gasteiger partial charge in [0.25, 0.3) is 12.4 Å². The minimum Gasteiger partial charge on any atom is -0.483 e. The number of nitrogens with zero attached hydrogens (tertiary/aromatic N) is 2. The van der Waals surface area contributed by atoms with Crippen molar-refractivity contribution in [2.75, 3.05) is 27.2 Å². The molecule has 1 aromatic carbocycles. The maximum Gasteiger partial charge on any atom is 0.302 e. The van der Waals surface area contributed by atoms with Crippen LogP contribution in [0.5, 0.6) is 0 Å². The summed E-state index contributed by atoms with van der Waals surface area (Å²) in [6.07, 6.45) is 1.42. The fraction of sp³-hybridized carbons (Fsp3) is 0.368. The molecule has 29 heavy (non-hydrogen) atoms. The number of amides is 1. The third-order valence-electron chi connectivity index (χ3n) is 3.86. The van der Waals surface area contributed by atoms with Crippen LogP contribution in [0, 0.1) is 6.92 Å². The Morgan fingerprint density at radius 2 is 1.76 bits per heavy atom. The molecule has 2 rings (SSSR count). The number of aromatic nitrogens is 1. The predicted octanol–water partition coefficient (Wildman–Crippen LogP) is 1.53. The molecule has 10 heteroatoms. The second-order valence-corrected chi connectivity index (χ2v) is 7.09. The van der Waals surface area contributed by atoms with Crippen molar-refractivity contribution in [3.8, 4) is 11.1 Å². The van der Waals surface area contributed by atoms with Crippen LogP contribution in [0.15, 0.2) is 36.5 Å². The Morgan fingerprint density at radius 1 is 1.24 bits per heavy atom. The quantitative estimate of drug-likeness (QED) is 0.600. The molecule has 0 aliphatic carbocycles. The smallest absolute Gasteiger partial charge is 0.302 e. The third kappa shape index (κ3) is 7.68. The van der Waals surface area contributed by atoms with Crippen LogP contribution in [0.25, 0.3) is 11.1 Å². The van der Waals surface area contributed by atoms with Crippen molar-refractivity contribution >= 4 is 22.6 Å². The lowest BCUT2D eigenvalue weighted by atomic mass is 10.0. The van der Waals surface area contributed by atoms with Gasteiger partial charge in [0.1, 0.15) is 0 Å². The second-order valence-electron chi connectivity index (χ2n) is 5.67. The number of hydrogen-bond acceptors (Lipinski definition) is 5. The van der Waals surface area contributed by atoms with Crippen LogP contribution in [-0.2, 0) is 15.0 Å². The predicted molar refractivity (Wildman–Crippen MR) is 114 cm³/mol. The van der Waals surface area contributed by atoms with E-state index < -0.39 is 10.2 Å². The van der Waals surface area contributed by atoms with E-state index in [0.29, 0.717) is 17.8 Å². The molecule has 2 aromatic rings. The molecule has 1 amide bonds. The monoisotopic (exact) mass is 426 g/mol. The number of carbonyl (C=O) groups is 2. The van der Waals surface area contributed by atoms with E-state index in [2.05, 4.69) is 5.32 Å². The third-order valence-corrected chi connectivity index (χ3v) is 4.80. The Morgan fingerprint density at radius 3 is 2.17 bits per heavy atom. The van der Waals surface area contributed by atoms with Gasteiger partial charge in [0.2, 0.25) is 0 Å². The van der Waals surface area contributed by atoms with Crippen molar-refractivity contribution in [3.63, 3.8) is 0 Å². The number of carbonyl (C=O) groups excluding carboxylic acids is 1. The summed E-state index contributed by atoms with van der Waals surface area (Å²) in [7, 11) is -0.222. The molecule has 0 saturated heterocycles. The standard InChI is InChI=1S/C16H22N4O3S.C2H6.CH2O2/c1-12-15(8-10-20(12)24(17,22)23)13-4-6-14(7-5-13)16(21)19(3)11-9-18-2;1-2;2-1-3/h4-8,10,18H,9,11H2,1-3H3,(H2,17,22,23);1-2H3;1H,(H,2,3). The average Bonchev–Trinajstić information content (AvgIpc) is 3.09. The molecule has 0 bridgehead atoms. The molecular formula is C19H30N4O5S. The topological polar surface area (TPSA) is 135 Å². The first-order valence-electron chi connectivity index (χ1n) is 8.97. The Hall–Kier alpha value is -2.69. The van der Waals surface area contributed by atoms with Crippen molar-refractivity contribution in [1.82, 2.24) is 14.2 Å². The van der Waals surface area contributed by atoms with Crippen molar-refractivity contribution in [1.29, 1.82) is 0 Å². The molecule has 0 radical (unpaired) electrons. The fourth-order valence-corrected chi connectivity index (χ4v) is 3.18. The van der Waals surface area contributed by atoms with Crippen molar-refractivity contribution in [2.24, 2.45) is 5.14 Å². The van der Waals surface area contributed by atoms with Crippen LogP contribution >= 0.6 is 0 Å². The zero-order valence-corrected chi connectivity index (χ0v) is 18.2. The lowest BCUT2D eigenvalue weighted by Gasteiger charge is -2.17. The van der Waals surface area contributed by atoms with Crippen molar-refractivity contribution < 1.29 is 23.1 Å². The molecule has 0 saturated carbocycles. The number of rotatable bonds is 6. The first-order valence-corrected chi connectivity index (χ1v) is 10.5. The van der Waals surface area contributed by atoms with Gasteiger partial charge in [-0.1, -0.05) is 26.0 Å². The van der Waals surface area contributed by atoms with E-state index in [1.165, 1.54) is 6.20 Å². The average molecular weight is 427 g/mol. The molecule has 0 unspecified atom stereocenters. The highest BCUT2D eigenvalue weighted by molar-refractivity contribution is 7.87. The normalized spacial score (nSPS) is 10.1. The second kappa shape index (κ2) is 12.7. The van der Waals surface area contributed by atoms with E-state index in [-0.39, 0.29) is 12.4 Å². The molecule has 162 valence electrons. The van der Waals surface area contributed by atoms with Crippen LogP contribution in [-0.4, -0.2) is 62.0 Å². The first-order chi connectivity index (χ1) is 13.7. The number of nitrogens with one attached hydrogen (secondary N) is 1. The number of carboxylic acid groups (broad SMARTS) is 1. The van der Waals surface area contributed by atoms with Gasteiger partial charge in [0.05, 0.1) is 0 Å². The minimum atomic E-state index is -3.81. The zero-order valence-electron chi connectivity index (χ0n) is 17.4. The van der Waals surface area contributed by atoms with Gasteiger partial charge in [-0.05, 0) is 37.7 Å². The Bertz CT molecular complexity index is 877. The zero-order chi connectivity index (χ0) is 22.6. The maximum absolute atomic E-state index is 12.3. The van der Waals surface area contributed by atoms with E-state index in [1.54, 1.807) is 49.2 Å². The van der Waals surface area contributed by atoms with Crippen LogP contribution in [0.1, 0.15) is 29.9 Å². The van der Waals surface area contributed by atoms with Crippen LogP contribution in [0.4, 0.5) is 0 Å². The van der Waals surface area contributed by atoms with Gasteiger partial charge < -0.3 is 15.3 Å². The SMILES string of the molecule is CC.CNCCN(C)C(=O)c1ccc(-c2ccn(S(N)(=O)=O)c2C)cc1.O=CO. The molecule has 1 heterocycles. The van der Waals surface area contributed by atoms with E-state index in [9.17, 15) is 13.2 Å². The maximum atomic E-state index is 12.3. The number of hydrogen-bond donors (Lipinski definition) is 3. The van der Waals surface area contributed by atoms with E-state index in [1.807, 2.05) is 20.9 Å². The van der Waals surface area contributed by atoms with Gasteiger partial charge in [0, 0.05) is 43.2 Å². The highest BCUT2D eigenvalue weighted by Gasteiger charge is 2.15. The van der Waals surface area contributed by atoms with E-state index in [4.69, 9.17) is 15.0 Å². The van der Waals surface area contributed by atoms with E-state index >= 15 is 0 Å². The van der Waals surface area contributed by atoms with Gasteiger partial charge in [-0.3, -0.25) is 9.59 Å². The summed E-state index contributed by atoms with van der Waals surface area (Å²) >= 11 is 0. The summed E-state index contributed by atoms with van der Waals surface area (Å²) in [6, 6.07) is 8.77. The van der Waals surface area contributed by atoms with Crippen LogP contribution < -0.4 is 10.5 Å². The molecule has 4 N–H and O–H groups in total. The van der Waals surface area contributed by atoms with Gasteiger partial charge in [-0.25, -0.2) is 9.11 Å². The molecule has 0 aliphatic rings. The highest BCUT2D eigenvalue weighted by Crippen LogP contribution is 2.25. The lowest BCUT2D eigenvalue weighted by Crippen LogP contribution is -2.32. The van der Waals surface area contributed by atoms with Crippen molar-refractivity contribution in [3.05, 3.63) is 47.8 Å². The van der Waals surface area contributed by atoms with Crippen LogP contribution in [0.3, 0.4) is 0 Å². The molecule has 9 nitrogen and oxygen atoms in total. The first kappa shape index (κ1) is 26.3. The highest BCUT2D eigenvalue weighted by atomic mass is 32.2. The lowest BCUT2D eigenvalue weighted by molar-refractivity contribution is -0.122. The van der Waals surface area contributed by atoms with Gasteiger partial charge in [-0.15, -0.1) is 0 Å².